The van der Waals surface area contributed by atoms with Gasteiger partial charge in [-0.25, -0.2) is 4.99 Å². The van der Waals surface area contributed by atoms with E-state index >= 15 is 0 Å². The van der Waals surface area contributed by atoms with Crippen molar-refractivity contribution in [2.24, 2.45) is 12.0 Å². The fourth-order valence-corrected chi connectivity index (χ4v) is 3.14. The van der Waals surface area contributed by atoms with E-state index in [2.05, 4.69) is 27.8 Å². The highest BCUT2D eigenvalue weighted by atomic mass is 16.5. The van der Waals surface area contributed by atoms with Crippen LogP contribution in [0.4, 0.5) is 0 Å². The summed E-state index contributed by atoms with van der Waals surface area (Å²) in [6, 6.07) is 0.495. The smallest absolute Gasteiger partial charge is 0.192 e. The summed E-state index contributed by atoms with van der Waals surface area (Å²) in [7, 11) is 1.97. The normalized spacial score (nSPS) is 15.8. The van der Waals surface area contributed by atoms with E-state index in [4.69, 9.17) is 14.5 Å². The number of hydrogen-bond acceptors (Lipinski definition) is 5. The van der Waals surface area contributed by atoms with E-state index in [1.165, 1.54) is 32.1 Å². The zero-order valence-corrected chi connectivity index (χ0v) is 17.9. The fourth-order valence-electron chi connectivity index (χ4n) is 3.14. The van der Waals surface area contributed by atoms with Crippen molar-refractivity contribution in [1.29, 1.82) is 0 Å². The number of hydrogen-bond donors (Lipinski definition) is 2. The molecule has 2 rings (SSSR count). The molecular weight excluding hydrogens is 356 g/mol. The average Bonchev–Trinajstić information content (AvgIpc) is 3.03. The fraction of sp³-hybridized carbons (Fsp3) is 0.850. The predicted octanol–water partition coefficient (Wildman–Crippen LogP) is 2.32. The standard InChI is InChI=1S/C20H38N6O2/c1-4-5-12-27-14-15-28-13-11-21-20(23-18-9-7-6-8-10-18)22-16-19-25-24-17(2)26(19)3/h18H,4-16H2,1-3H3,(H2,21,22,23). The Morgan fingerprint density at radius 1 is 1.11 bits per heavy atom. The van der Waals surface area contributed by atoms with Gasteiger partial charge in [0.2, 0.25) is 0 Å². The van der Waals surface area contributed by atoms with Crippen molar-refractivity contribution in [1.82, 2.24) is 25.4 Å². The van der Waals surface area contributed by atoms with Gasteiger partial charge < -0.3 is 24.7 Å². The molecule has 0 amide bonds. The van der Waals surface area contributed by atoms with Crippen molar-refractivity contribution in [2.45, 2.75) is 71.4 Å². The average molecular weight is 395 g/mol. The Balaban J connectivity index is 1.74. The molecule has 1 saturated carbocycles. The number of nitrogens with one attached hydrogen (secondary N) is 2. The van der Waals surface area contributed by atoms with Crippen molar-refractivity contribution in [3.05, 3.63) is 11.6 Å². The van der Waals surface area contributed by atoms with Gasteiger partial charge in [0.1, 0.15) is 12.4 Å². The van der Waals surface area contributed by atoms with Gasteiger partial charge in [-0.3, -0.25) is 0 Å². The van der Waals surface area contributed by atoms with E-state index < -0.39 is 0 Å². The van der Waals surface area contributed by atoms with Crippen molar-refractivity contribution in [3.8, 4) is 0 Å². The second-order valence-electron chi connectivity index (χ2n) is 7.37. The van der Waals surface area contributed by atoms with Crippen molar-refractivity contribution >= 4 is 5.96 Å². The first-order valence-corrected chi connectivity index (χ1v) is 10.8. The van der Waals surface area contributed by atoms with Crippen molar-refractivity contribution < 1.29 is 9.47 Å². The second-order valence-corrected chi connectivity index (χ2v) is 7.37. The Hall–Kier alpha value is -1.67. The molecule has 1 aromatic heterocycles. The van der Waals surface area contributed by atoms with Gasteiger partial charge in [-0.05, 0) is 26.2 Å². The zero-order chi connectivity index (χ0) is 20.0. The number of unbranched alkanes of at least 4 members (excludes halogenated alkanes) is 1. The maximum absolute atomic E-state index is 5.64. The van der Waals surface area contributed by atoms with Gasteiger partial charge in [-0.1, -0.05) is 32.6 Å². The molecule has 2 N–H and O–H groups in total. The molecule has 0 spiro atoms. The van der Waals surface area contributed by atoms with Crippen LogP contribution in [0.1, 0.15) is 63.5 Å². The summed E-state index contributed by atoms with van der Waals surface area (Å²) in [5, 5.41) is 15.3. The SMILES string of the molecule is CCCCOCCOCCNC(=NCc1nnc(C)n1C)NC1CCCCC1. The van der Waals surface area contributed by atoms with Crippen LogP contribution in [0.3, 0.4) is 0 Å². The van der Waals surface area contributed by atoms with Crippen LogP contribution < -0.4 is 10.6 Å². The van der Waals surface area contributed by atoms with E-state index in [0.717, 1.165) is 37.1 Å². The predicted molar refractivity (Wildman–Crippen MR) is 111 cm³/mol. The maximum atomic E-state index is 5.64. The minimum absolute atomic E-state index is 0.495. The molecule has 1 aliphatic rings. The van der Waals surface area contributed by atoms with E-state index in [9.17, 15) is 0 Å². The minimum Gasteiger partial charge on any atom is -0.379 e. The monoisotopic (exact) mass is 394 g/mol. The third kappa shape index (κ3) is 8.56. The lowest BCUT2D eigenvalue weighted by Gasteiger charge is -2.25. The molecule has 0 saturated heterocycles. The zero-order valence-electron chi connectivity index (χ0n) is 17.9. The van der Waals surface area contributed by atoms with E-state index in [1.807, 2.05) is 18.5 Å². The lowest BCUT2D eigenvalue weighted by molar-refractivity contribution is 0.0487. The summed E-state index contributed by atoms with van der Waals surface area (Å²) in [5.41, 5.74) is 0. The molecule has 160 valence electrons. The van der Waals surface area contributed by atoms with Crippen LogP contribution in [0.15, 0.2) is 4.99 Å². The molecule has 28 heavy (non-hydrogen) atoms. The molecule has 0 bridgehead atoms. The molecule has 8 nitrogen and oxygen atoms in total. The molecule has 1 heterocycles. The molecule has 1 aliphatic carbocycles. The summed E-state index contributed by atoms with van der Waals surface area (Å²) in [5.74, 6) is 2.59. The topological polar surface area (TPSA) is 85.6 Å². The van der Waals surface area contributed by atoms with Crippen LogP contribution in [-0.2, 0) is 23.1 Å². The molecule has 8 heteroatoms. The molecule has 0 aliphatic heterocycles. The second kappa shape index (κ2) is 13.5. The first-order valence-electron chi connectivity index (χ1n) is 10.8. The Morgan fingerprint density at radius 3 is 2.54 bits per heavy atom. The molecule has 1 fully saturated rings. The maximum Gasteiger partial charge on any atom is 0.192 e. The van der Waals surface area contributed by atoms with Crippen LogP contribution >= 0.6 is 0 Å². The Bertz CT molecular complexity index is 569. The third-order valence-corrected chi connectivity index (χ3v) is 5.06. The summed E-state index contributed by atoms with van der Waals surface area (Å²) < 4.78 is 13.1. The van der Waals surface area contributed by atoms with Gasteiger partial charge in [-0.2, -0.15) is 0 Å². The molecule has 0 aromatic carbocycles. The lowest BCUT2D eigenvalue weighted by atomic mass is 9.96. The summed E-state index contributed by atoms with van der Waals surface area (Å²) >= 11 is 0. The Morgan fingerprint density at radius 2 is 1.86 bits per heavy atom. The molecule has 1 aromatic rings. The van der Waals surface area contributed by atoms with Gasteiger partial charge in [0.25, 0.3) is 0 Å². The number of nitrogens with zero attached hydrogens (tertiary/aromatic N) is 4. The van der Waals surface area contributed by atoms with E-state index in [1.54, 1.807) is 0 Å². The van der Waals surface area contributed by atoms with E-state index in [-0.39, 0.29) is 0 Å². The van der Waals surface area contributed by atoms with E-state index in [0.29, 0.717) is 39.0 Å². The van der Waals surface area contributed by atoms with Crippen molar-refractivity contribution in [2.75, 3.05) is 33.0 Å². The van der Waals surface area contributed by atoms with Gasteiger partial charge >= 0.3 is 0 Å². The number of ether oxygens (including phenoxy) is 2. The number of aliphatic imine (C=N–C) groups is 1. The van der Waals surface area contributed by atoms with Gasteiger partial charge in [-0.15, -0.1) is 10.2 Å². The molecule has 0 unspecified atom stereocenters. The summed E-state index contributed by atoms with van der Waals surface area (Å²) in [6.45, 7) is 8.07. The first-order chi connectivity index (χ1) is 13.7. The van der Waals surface area contributed by atoms with Crippen molar-refractivity contribution in [3.63, 3.8) is 0 Å². The number of guanidine groups is 1. The Kier molecular flexibility index (Phi) is 10.9. The van der Waals surface area contributed by atoms with Crippen LogP contribution in [0.25, 0.3) is 0 Å². The highest BCUT2D eigenvalue weighted by molar-refractivity contribution is 5.80. The third-order valence-electron chi connectivity index (χ3n) is 5.06. The largest absolute Gasteiger partial charge is 0.379 e. The molecule has 0 radical (unpaired) electrons. The van der Waals surface area contributed by atoms with Crippen LogP contribution in [0, 0.1) is 6.92 Å². The summed E-state index contributed by atoms with van der Waals surface area (Å²) in [4.78, 5) is 4.72. The number of aryl methyl sites for hydroxylation is 1. The number of aromatic nitrogens is 3. The van der Waals surface area contributed by atoms with Crippen LogP contribution in [0.5, 0.6) is 0 Å². The van der Waals surface area contributed by atoms with Gasteiger partial charge in [0.15, 0.2) is 11.8 Å². The van der Waals surface area contributed by atoms with Gasteiger partial charge in [0, 0.05) is 26.2 Å². The molecular formula is C20H38N6O2. The number of rotatable bonds is 12. The highest BCUT2D eigenvalue weighted by Gasteiger charge is 2.15. The van der Waals surface area contributed by atoms with Crippen LogP contribution in [-0.4, -0.2) is 59.7 Å². The minimum atomic E-state index is 0.495. The first kappa shape index (κ1) is 22.6. The Labute approximate surface area is 169 Å². The highest BCUT2D eigenvalue weighted by Crippen LogP contribution is 2.17. The molecule has 0 atom stereocenters. The van der Waals surface area contributed by atoms with Gasteiger partial charge in [0.05, 0.1) is 19.8 Å². The summed E-state index contributed by atoms with van der Waals surface area (Å²) in [6.07, 6.45) is 8.59. The quantitative estimate of drug-likeness (QED) is 0.321. The van der Waals surface area contributed by atoms with Crippen LogP contribution in [0.2, 0.25) is 0 Å². The lowest BCUT2D eigenvalue weighted by Crippen LogP contribution is -2.45.